The molecule has 0 amide bonds. The highest BCUT2D eigenvalue weighted by molar-refractivity contribution is 5.87. The fourth-order valence-corrected chi connectivity index (χ4v) is 2.32. The van der Waals surface area contributed by atoms with Crippen LogP contribution in [0.3, 0.4) is 0 Å². The molecule has 0 bridgehead atoms. The number of anilines is 1. The van der Waals surface area contributed by atoms with Gasteiger partial charge in [-0.3, -0.25) is 4.79 Å². The van der Waals surface area contributed by atoms with Crippen molar-refractivity contribution in [3.8, 4) is 0 Å². The second kappa shape index (κ2) is 6.03. The van der Waals surface area contributed by atoms with Crippen LogP contribution in [0.5, 0.6) is 0 Å². The van der Waals surface area contributed by atoms with Crippen LogP contribution >= 0.6 is 0 Å². The lowest BCUT2D eigenvalue weighted by atomic mass is 10.3. The van der Waals surface area contributed by atoms with Crippen LogP contribution in [0.4, 0.5) is 5.82 Å². The lowest BCUT2D eigenvalue weighted by molar-refractivity contribution is -0.141. The number of aryl methyl sites for hydroxylation is 1. The summed E-state index contributed by atoms with van der Waals surface area (Å²) in [5.74, 6) is 1.27. The monoisotopic (exact) mass is 315 g/mol. The van der Waals surface area contributed by atoms with Gasteiger partial charge in [0.15, 0.2) is 5.65 Å². The van der Waals surface area contributed by atoms with Gasteiger partial charge < -0.3 is 14.2 Å². The molecule has 9 heteroatoms. The first-order chi connectivity index (χ1) is 11.1. The van der Waals surface area contributed by atoms with Crippen molar-refractivity contribution in [2.75, 3.05) is 19.1 Å². The van der Waals surface area contributed by atoms with Crippen LogP contribution in [0.15, 0.2) is 24.9 Å². The van der Waals surface area contributed by atoms with Crippen molar-refractivity contribution in [3.63, 3.8) is 0 Å². The molecule has 3 rings (SSSR count). The summed E-state index contributed by atoms with van der Waals surface area (Å²) in [7, 11) is 5.21. The van der Waals surface area contributed by atoms with Gasteiger partial charge in [0.1, 0.15) is 24.5 Å². The number of rotatable bonds is 5. The summed E-state index contributed by atoms with van der Waals surface area (Å²) in [6.07, 6.45) is 6.77. The summed E-state index contributed by atoms with van der Waals surface area (Å²) in [5, 5.41) is 4.98. The molecule has 0 spiro atoms. The smallest absolute Gasteiger partial charge is 0.327 e. The third-order valence-corrected chi connectivity index (χ3v) is 3.58. The maximum Gasteiger partial charge on any atom is 0.327 e. The maximum atomic E-state index is 11.4. The van der Waals surface area contributed by atoms with E-state index in [9.17, 15) is 4.79 Å². The standard InChI is InChI=1S/C14H17N7O2/c1-19-5-4-15-11(19)7-20(2)13-10-6-18-21(8-12(22)23-3)14(10)17-9-16-13/h4-6,9H,7-8H2,1-3H3. The molecule has 0 fully saturated rings. The molecule has 0 aliphatic carbocycles. The molecule has 0 N–H and O–H groups in total. The number of nitrogens with zero attached hydrogens (tertiary/aromatic N) is 7. The molecule has 23 heavy (non-hydrogen) atoms. The van der Waals surface area contributed by atoms with Gasteiger partial charge in [-0.1, -0.05) is 0 Å². The molecule has 0 unspecified atom stereocenters. The van der Waals surface area contributed by atoms with Crippen molar-refractivity contribution < 1.29 is 9.53 Å². The van der Waals surface area contributed by atoms with E-state index in [1.54, 1.807) is 12.4 Å². The van der Waals surface area contributed by atoms with E-state index in [1.807, 2.05) is 29.8 Å². The number of esters is 1. The number of imidazole rings is 1. The summed E-state index contributed by atoms with van der Waals surface area (Å²) >= 11 is 0. The van der Waals surface area contributed by atoms with E-state index in [4.69, 9.17) is 0 Å². The van der Waals surface area contributed by atoms with Gasteiger partial charge in [-0.2, -0.15) is 5.10 Å². The predicted octanol–water partition coefficient (Wildman–Crippen LogP) is 0.369. The quantitative estimate of drug-likeness (QED) is 0.628. The minimum absolute atomic E-state index is 0.0134. The van der Waals surface area contributed by atoms with Gasteiger partial charge in [0, 0.05) is 26.5 Å². The van der Waals surface area contributed by atoms with E-state index < -0.39 is 0 Å². The zero-order chi connectivity index (χ0) is 16.4. The first-order valence-electron chi connectivity index (χ1n) is 7.01. The van der Waals surface area contributed by atoms with E-state index in [2.05, 4.69) is 24.8 Å². The normalized spacial score (nSPS) is 10.9. The van der Waals surface area contributed by atoms with Crippen LogP contribution in [0.25, 0.3) is 11.0 Å². The number of hydrogen-bond donors (Lipinski definition) is 0. The van der Waals surface area contributed by atoms with Gasteiger partial charge in [0.2, 0.25) is 0 Å². The zero-order valence-electron chi connectivity index (χ0n) is 13.2. The first-order valence-corrected chi connectivity index (χ1v) is 7.01. The van der Waals surface area contributed by atoms with Gasteiger partial charge >= 0.3 is 5.97 Å². The Morgan fingerprint density at radius 1 is 1.35 bits per heavy atom. The van der Waals surface area contributed by atoms with Crippen molar-refractivity contribution >= 4 is 22.8 Å². The Balaban J connectivity index is 1.92. The van der Waals surface area contributed by atoms with Crippen molar-refractivity contribution in [2.24, 2.45) is 7.05 Å². The fourth-order valence-electron chi connectivity index (χ4n) is 2.32. The van der Waals surface area contributed by atoms with Crippen LogP contribution in [-0.2, 0) is 29.7 Å². The Morgan fingerprint density at radius 3 is 2.87 bits per heavy atom. The number of hydrogen-bond acceptors (Lipinski definition) is 7. The SMILES string of the molecule is COC(=O)Cn1ncc2c(N(C)Cc3nccn3C)ncnc21. The average molecular weight is 315 g/mol. The Hall–Kier alpha value is -2.97. The van der Waals surface area contributed by atoms with Crippen molar-refractivity contribution in [2.45, 2.75) is 13.1 Å². The summed E-state index contributed by atoms with van der Waals surface area (Å²) in [4.78, 5) is 26.3. The third-order valence-electron chi connectivity index (χ3n) is 3.58. The van der Waals surface area contributed by atoms with Crippen LogP contribution in [0.1, 0.15) is 5.82 Å². The lowest BCUT2D eigenvalue weighted by Gasteiger charge is -2.18. The number of carbonyl (C=O) groups excluding carboxylic acids is 1. The van der Waals surface area contributed by atoms with Gasteiger partial charge in [0.25, 0.3) is 0 Å². The number of aromatic nitrogens is 6. The average Bonchev–Trinajstić information content (AvgIpc) is 3.14. The molecule has 0 aliphatic heterocycles. The van der Waals surface area contributed by atoms with E-state index in [1.165, 1.54) is 18.1 Å². The van der Waals surface area contributed by atoms with Crippen LogP contribution in [0, 0.1) is 0 Å². The molecule has 120 valence electrons. The molecule has 0 saturated heterocycles. The second-order valence-corrected chi connectivity index (χ2v) is 5.12. The van der Waals surface area contributed by atoms with Gasteiger partial charge in [-0.05, 0) is 0 Å². The first kappa shape index (κ1) is 14.9. The number of methoxy groups -OCH3 is 1. The molecule has 9 nitrogen and oxygen atoms in total. The molecular formula is C14H17N7O2. The maximum absolute atomic E-state index is 11.4. The summed E-state index contributed by atoms with van der Waals surface area (Å²) < 4.78 is 8.12. The molecule has 0 radical (unpaired) electrons. The van der Waals surface area contributed by atoms with Gasteiger partial charge in [-0.25, -0.2) is 19.6 Å². The molecule has 0 atom stereocenters. The Bertz CT molecular complexity index is 839. The molecule has 0 aliphatic rings. The Kier molecular flexibility index (Phi) is 3.92. The van der Waals surface area contributed by atoms with Crippen LogP contribution in [0.2, 0.25) is 0 Å². The van der Waals surface area contributed by atoms with Crippen LogP contribution in [-0.4, -0.2) is 49.4 Å². The molecule has 3 aromatic heterocycles. The van der Waals surface area contributed by atoms with Crippen molar-refractivity contribution in [1.82, 2.24) is 29.3 Å². The second-order valence-electron chi connectivity index (χ2n) is 5.12. The summed E-state index contributed by atoms with van der Waals surface area (Å²) in [5.41, 5.74) is 0.590. The molecule has 0 aromatic carbocycles. The minimum Gasteiger partial charge on any atom is -0.468 e. The van der Waals surface area contributed by atoms with E-state index in [0.29, 0.717) is 12.2 Å². The highest BCUT2D eigenvalue weighted by Crippen LogP contribution is 2.22. The van der Waals surface area contributed by atoms with E-state index >= 15 is 0 Å². The highest BCUT2D eigenvalue weighted by atomic mass is 16.5. The molecule has 3 heterocycles. The van der Waals surface area contributed by atoms with Gasteiger partial charge in [-0.15, -0.1) is 0 Å². The number of ether oxygens (including phenoxy) is 1. The molecule has 0 saturated carbocycles. The number of fused-ring (bicyclic) bond motifs is 1. The minimum atomic E-state index is -0.378. The largest absolute Gasteiger partial charge is 0.468 e. The third kappa shape index (κ3) is 2.85. The van der Waals surface area contributed by atoms with Crippen molar-refractivity contribution in [1.29, 1.82) is 0 Å². The summed E-state index contributed by atoms with van der Waals surface area (Å²) in [6.45, 7) is 0.608. The van der Waals surface area contributed by atoms with E-state index in [0.717, 1.165) is 17.0 Å². The predicted molar refractivity (Wildman–Crippen MR) is 82.7 cm³/mol. The lowest BCUT2D eigenvalue weighted by Crippen LogP contribution is -2.20. The Morgan fingerprint density at radius 2 is 2.17 bits per heavy atom. The molecule has 3 aromatic rings. The zero-order valence-corrected chi connectivity index (χ0v) is 13.2. The van der Waals surface area contributed by atoms with Crippen molar-refractivity contribution in [3.05, 3.63) is 30.7 Å². The number of carbonyl (C=O) groups is 1. The Labute approximate surface area is 132 Å². The summed E-state index contributed by atoms with van der Waals surface area (Å²) in [6, 6.07) is 0. The van der Waals surface area contributed by atoms with Crippen LogP contribution < -0.4 is 4.90 Å². The van der Waals surface area contributed by atoms with E-state index in [-0.39, 0.29) is 12.5 Å². The van der Waals surface area contributed by atoms with Gasteiger partial charge in [0.05, 0.1) is 25.2 Å². The molecular weight excluding hydrogens is 298 g/mol. The fraction of sp³-hybridized carbons (Fsp3) is 0.357. The highest BCUT2D eigenvalue weighted by Gasteiger charge is 2.16. The topological polar surface area (TPSA) is 91.0 Å².